The van der Waals surface area contributed by atoms with Crippen LogP contribution in [-0.2, 0) is 4.79 Å². The fourth-order valence-corrected chi connectivity index (χ4v) is 1.98. The highest BCUT2D eigenvalue weighted by Gasteiger charge is 2.20. The highest BCUT2D eigenvalue weighted by molar-refractivity contribution is 5.95. The van der Waals surface area contributed by atoms with Crippen LogP contribution in [0.5, 0.6) is 0 Å². The Morgan fingerprint density at radius 2 is 2.18 bits per heavy atom. The molecule has 22 heavy (non-hydrogen) atoms. The van der Waals surface area contributed by atoms with Crippen LogP contribution in [0.2, 0.25) is 0 Å². The maximum absolute atomic E-state index is 12.2. The van der Waals surface area contributed by atoms with Crippen LogP contribution < -0.4 is 5.32 Å². The van der Waals surface area contributed by atoms with Gasteiger partial charge in [-0.15, -0.1) is 0 Å². The van der Waals surface area contributed by atoms with Gasteiger partial charge in [-0.2, -0.15) is 5.10 Å². The van der Waals surface area contributed by atoms with Gasteiger partial charge < -0.3 is 10.4 Å². The Bertz CT molecular complexity index is 640. The van der Waals surface area contributed by atoms with Crippen LogP contribution >= 0.6 is 0 Å². The molecule has 0 aliphatic heterocycles. The van der Waals surface area contributed by atoms with Gasteiger partial charge in [-0.05, 0) is 24.6 Å². The second-order valence-corrected chi connectivity index (χ2v) is 4.84. The van der Waals surface area contributed by atoms with E-state index in [0.717, 1.165) is 12.8 Å². The number of carboxylic acid groups (broad SMARTS) is 1. The fourth-order valence-electron chi connectivity index (χ4n) is 1.98. The maximum Gasteiger partial charge on any atom is 0.326 e. The van der Waals surface area contributed by atoms with Gasteiger partial charge in [0, 0.05) is 12.4 Å². The minimum absolute atomic E-state index is 0.163. The lowest BCUT2D eigenvalue weighted by Crippen LogP contribution is -2.41. The highest BCUT2D eigenvalue weighted by atomic mass is 16.4. The quantitative estimate of drug-likeness (QED) is 0.810. The van der Waals surface area contributed by atoms with Crippen LogP contribution in [0.1, 0.15) is 36.7 Å². The summed E-state index contributed by atoms with van der Waals surface area (Å²) in [4.78, 5) is 27.6. The number of carboxylic acids is 1. The zero-order valence-corrected chi connectivity index (χ0v) is 12.3. The number of rotatable bonds is 7. The molecule has 0 radical (unpaired) electrons. The third-order valence-corrected chi connectivity index (χ3v) is 3.16. The number of amides is 1. The molecule has 0 aromatic carbocycles. The lowest BCUT2D eigenvalue weighted by atomic mass is 10.1. The molecule has 7 heteroatoms. The summed E-state index contributed by atoms with van der Waals surface area (Å²) in [5.74, 6) is -1.04. The van der Waals surface area contributed by atoms with Crippen LogP contribution in [0.15, 0.2) is 36.7 Å². The van der Waals surface area contributed by atoms with Crippen molar-refractivity contribution < 1.29 is 14.7 Å². The van der Waals surface area contributed by atoms with Gasteiger partial charge in [-0.25, -0.2) is 14.5 Å². The zero-order valence-electron chi connectivity index (χ0n) is 12.3. The molecule has 0 saturated heterocycles. The number of carbonyl (C=O) groups excluding carboxylic acids is 1. The molecule has 0 fully saturated rings. The number of carbonyl (C=O) groups is 2. The third kappa shape index (κ3) is 3.91. The average molecular weight is 302 g/mol. The van der Waals surface area contributed by atoms with Crippen molar-refractivity contribution in [2.75, 3.05) is 0 Å². The Hall–Kier alpha value is -2.70. The van der Waals surface area contributed by atoms with Crippen molar-refractivity contribution in [1.82, 2.24) is 20.1 Å². The van der Waals surface area contributed by atoms with Gasteiger partial charge in [0.2, 0.25) is 0 Å². The first-order chi connectivity index (χ1) is 10.6. The van der Waals surface area contributed by atoms with Crippen LogP contribution in [0.25, 0.3) is 5.82 Å². The topological polar surface area (TPSA) is 97.1 Å². The van der Waals surface area contributed by atoms with Crippen LogP contribution in [0.4, 0.5) is 0 Å². The first kappa shape index (κ1) is 15.7. The molecule has 1 unspecified atom stereocenters. The van der Waals surface area contributed by atoms with Crippen molar-refractivity contribution in [2.24, 2.45) is 0 Å². The van der Waals surface area contributed by atoms with E-state index in [1.807, 2.05) is 6.92 Å². The molecule has 0 spiro atoms. The van der Waals surface area contributed by atoms with Crippen molar-refractivity contribution in [3.8, 4) is 5.82 Å². The fraction of sp³-hybridized carbons (Fsp3) is 0.333. The lowest BCUT2D eigenvalue weighted by Gasteiger charge is -2.14. The number of unbranched alkanes of at least 4 members (excludes halogenated alkanes) is 1. The van der Waals surface area contributed by atoms with Crippen molar-refractivity contribution in [2.45, 2.75) is 32.2 Å². The molecule has 0 bridgehead atoms. The van der Waals surface area contributed by atoms with Crippen LogP contribution in [-0.4, -0.2) is 37.8 Å². The van der Waals surface area contributed by atoms with Gasteiger partial charge in [0.05, 0.1) is 0 Å². The molecule has 0 aliphatic rings. The first-order valence-electron chi connectivity index (χ1n) is 7.12. The van der Waals surface area contributed by atoms with Crippen molar-refractivity contribution >= 4 is 11.9 Å². The standard InChI is InChI=1S/C15H18N4O3/c1-2-3-6-12(15(21)22)18-14(20)11-7-4-8-13(17-11)19-10-5-9-16-19/h4-5,7-10,12H,2-3,6H2,1H3,(H,18,20)(H,21,22). The number of hydrogen-bond donors (Lipinski definition) is 2. The normalized spacial score (nSPS) is 11.9. The van der Waals surface area contributed by atoms with Gasteiger partial charge in [0.1, 0.15) is 11.7 Å². The number of nitrogens with zero attached hydrogens (tertiary/aromatic N) is 3. The number of hydrogen-bond acceptors (Lipinski definition) is 4. The molecule has 7 nitrogen and oxygen atoms in total. The van der Waals surface area contributed by atoms with Crippen molar-refractivity contribution in [3.63, 3.8) is 0 Å². The van der Waals surface area contributed by atoms with E-state index in [1.165, 1.54) is 4.68 Å². The smallest absolute Gasteiger partial charge is 0.326 e. The summed E-state index contributed by atoms with van der Waals surface area (Å²) in [5.41, 5.74) is 0.163. The van der Waals surface area contributed by atoms with Gasteiger partial charge in [0.25, 0.3) is 5.91 Å². The Kier molecular flexibility index (Phi) is 5.24. The SMILES string of the molecule is CCCCC(NC(=O)c1cccc(-n2cccn2)n1)C(=O)O. The van der Waals surface area contributed by atoms with E-state index in [9.17, 15) is 9.59 Å². The minimum Gasteiger partial charge on any atom is -0.480 e. The van der Waals surface area contributed by atoms with Gasteiger partial charge in [-0.1, -0.05) is 25.8 Å². The number of aromatic nitrogens is 3. The Labute approximate surface area is 128 Å². The van der Waals surface area contributed by atoms with E-state index in [0.29, 0.717) is 12.2 Å². The van der Waals surface area contributed by atoms with Crippen LogP contribution in [0.3, 0.4) is 0 Å². The summed E-state index contributed by atoms with van der Waals surface area (Å²) >= 11 is 0. The summed E-state index contributed by atoms with van der Waals surface area (Å²) in [6.45, 7) is 1.97. The van der Waals surface area contributed by atoms with E-state index in [1.54, 1.807) is 36.7 Å². The third-order valence-electron chi connectivity index (χ3n) is 3.16. The monoisotopic (exact) mass is 302 g/mol. The largest absolute Gasteiger partial charge is 0.480 e. The second-order valence-electron chi connectivity index (χ2n) is 4.84. The number of pyridine rings is 1. The molecule has 2 aromatic heterocycles. The number of nitrogens with one attached hydrogen (secondary N) is 1. The van der Waals surface area contributed by atoms with E-state index in [2.05, 4.69) is 15.4 Å². The summed E-state index contributed by atoms with van der Waals surface area (Å²) < 4.78 is 1.53. The molecule has 116 valence electrons. The average Bonchev–Trinajstić information content (AvgIpc) is 3.05. The summed E-state index contributed by atoms with van der Waals surface area (Å²) in [6.07, 6.45) is 5.33. The second kappa shape index (κ2) is 7.35. The summed E-state index contributed by atoms with van der Waals surface area (Å²) in [5, 5.41) is 15.7. The summed E-state index contributed by atoms with van der Waals surface area (Å²) in [6, 6.07) is 5.79. The molecular weight excluding hydrogens is 284 g/mol. The molecule has 2 N–H and O–H groups in total. The van der Waals surface area contributed by atoms with E-state index in [-0.39, 0.29) is 5.69 Å². The molecule has 2 heterocycles. The lowest BCUT2D eigenvalue weighted by molar-refractivity contribution is -0.139. The van der Waals surface area contributed by atoms with Gasteiger partial charge in [-0.3, -0.25) is 4.79 Å². The Morgan fingerprint density at radius 3 is 2.82 bits per heavy atom. The van der Waals surface area contributed by atoms with Gasteiger partial charge >= 0.3 is 5.97 Å². The molecule has 0 saturated carbocycles. The predicted octanol–water partition coefficient (Wildman–Crippen LogP) is 1.64. The molecule has 2 aromatic rings. The molecule has 1 amide bonds. The first-order valence-corrected chi connectivity index (χ1v) is 7.12. The van der Waals surface area contributed by atoms with Gasteiger partial charge in [0.15, 0.2) is 5.82 Å². The Balaban J connectivity index is 2.12. The number of aliphatic carboxylic acids is 1. The van der Waals surface area contributed by atoms with Crippen LogP contribution in [0, 0.1) is 0 Å². The van der Waals surface area contributed by atoms with E-state index in [4.69, 9.17) is 5.11 Å². The molecular formula is C15H18N4O3. The summed E-state index contributed by atoms with van der Waals surface area (Å²) in [7, 11) is 0. The maximum atomic E-state index is 12.2. The molecule has 1 atom stereocenters. The zero-order chi connectivity index (χ0) is 15.9. The van der Waals surface area contributed by atoms with E-state index >= 15 is 0 Å². The van der Waals surface area contributed by atoms with Crippen molar-refractivity contribution in [1.29, 1.82) is 0 Å². The predicted molar refractivity (Wildman–Crippen MR) is 79.8 cm³/mol. The molecule has 2 rings (SSSR count). The molecule has 0 aliphatic carbocycles. The van der Waals surface area contributed by atoms with E-state index < -0.39 is 17.9 Å². The Morgan fingerprint density at radius 1 is 1.36 bits per heavy atom. The highest BCUT2D eigenvalue weighted by Crippen LogP contribution is 2.06. The van der Waals surface area contributed by atoms with Crippen molar-refractivity contribution in [3.05, 3.63) is 42.4 Å². The minimum atomic E-state index is -1.04.